The Hall–Kier alpha value is -5.79. The van der Waals surface area contributed by atoms with Gasteiger partial charge in [-0.05, 0) is 112 Å². The van der Waals surface area contributed by atoms with Crippen LogP contribution in [0.1, 0.15) is 30.5 Å². The van der Waals surface area contributed by atoms with Crippen molar-refractivity contribution in [3.05, 3.63) is 168 Å². The van der Waals surface area contributed by atoms with Gasteiger partial charge in [0.25, 0.3) is 0 Å². The van der Waals surface area contributed by atoms with Gasteiger partial charge in [0.05, 0.1) is 0 Å². The van der Waals surface area contributed by atoms with Crippen LogP contribution in [0.5, 0.6) is 0 Å². The fourth-order valence-electron chi connectivity index (χ4n) is 8.09. The standard InChI is InChI=1S/C47H35N/c1-47(2)43-26-30(29-48-3)16-24-37(43)38-25-23-36(28-44(38)47)46-41-14-8-6-12-39(41)45(40-13-7-9-15-42(40)46)33-20-17-32(18-21-33)35-22-19-31-10-4-5-11-34(31)27-35/h4-29H,1-3H3. The van der Waals surface area contributed by atoms with Crippen molar-refractivity contribution in [2.45, 2.75) is 19.3 Å². The highest BCUT2D eigenvalue weighted by molar-refractivity contribution is 6.21. The molecule has 0 N–H and O–H groups in total. The topological polar surface area (TPSA) is 12.4 Å². The van der Waals surface area contributed by atoms with E-state index in [1.807, 2.05) is 13.3 Å². The molecule has 1 nitrogen and oxygen atoms in total. The molecule has 8 aromatic carbocycles. The van der Waals surface area contributed by atoms with Crippen LogP contribution in [0.2, 0.25) is 0 Å². The Morgan fingerprint density at radius 2 is 0.938 bits per heavy atom. The normalized spacial score (nSPS) is 13.4. The molecule has 0 heterocycles. The summed E-state index contributed by atoms with van der Waals surface area (Å²) in [5.74, 6) is 0. The van der Waals surface area contributed by atoms with Gasteiger partial charge < -0.3 is 0 Å². The molecule has 0 fully saturated rings. The lowest BCUT2D eigenvalue weighted by Crippen LogP contribution is -2.15. The van der Waals surface area contributed by atoms with Crippen LogP contribution in [0.15, 0.2) is 157 Å². The van der Waals surface area contributed by atoms with E-state index in [9.17, 15) is 0 Å². The first-order valence-corrected chi connectivity index (χ1v) is 16.8. The summed E-state index contributed by atoms with van der Waals surface area (Å²) in [6.07, 6.45) is 1.95. The van der Waals surface area contributed by atoms with Crippen molar-refractivity contribution < 1.29 is 0 Å². The van der Waals surface area contributed by atoms with Crippen LogP contribution >= 0.6 is 0 Å². The Kier molecular flexibility index (Phi) is 6.45. The predicted molar refractivity (Wildman–Crippen MR) is 206 cm³/mol. The molecule has 228 valence electrons. The van der Waals surface area contributed by atoms with Crippen LogP contribution in [0.3, 0.4) is 0 Å². The van der Waals surface area contributed by atoms with Gasteiger partial charge in [0.15, 0.2) is 0 Å². The average molecular weight is 614 g/mol. The molecule has 0 aliphatic heterocycles. The molecular weight excluding hydrogens is 579 g/mol. The van der Waals surface area contributed by atoms with Gasteiger partial charge in [-0.15, -0.1) is 0 Å². The first-order valence-electron chi connectivity index (χ1n) is 16.8. The monoisotopic (exact) mass is 613 g/mol. The summed E-state index contributed by atoms with van der Waals surface area (Å²) >= 11 is 0. The third kappa shape index (κ3) is 4.35. The molecule has 0 atom stereocenters. The summed E-state index contributed by atoms with van der Waals surface area (Å²) in [6.45, 7) is 4.71. The lowest BCUT2D eigenvalue weighted by Gasteiger charge is -2.23. The Bertz CT molecular complexity index is 2530. The molecule has 0 bridgehead atoms. The largest absolute Gasteiger partial charge is 0.296 e. The Balaban J connectivity index is 1.21. The molecule has 48 heavy (non-hydrogen) atoms. The maximum atomic E-state index is 4.27. The van der Waals surface area contributed by atoms with Crippen molar-refractivity contribution >= 4 is 38.5 Å². The van der Waals surface area contributed by atoms with Crippen LogP contribution in [-0.4, -0.2) is 13.3 Å². The summed E-state index contributed by atoms with van der Waals surface area (Å²) in [7, 11) is 1.83. The fraction of sp³-hybridized carbons (Fsp3) is 0.0851. The van der Waals surface area contributed by atoms with Crippen molar-refractivity contribution in [1.82, 2.24) is 0 Å². The highest BCUT2D eigenvalue weighted by Crippen LogP contribution is 2.51. The molecular formula is C47H35N. The maximum absolute atomic E-state index is 4.27. The third-order valence-electron chi connectivity index (χ3n) is 10.5. The van der Waals surface area contributed by atoms with Crippen LogP contribution in [0.4, 0.5) is 0 Å². The van der Waals surface area contributed by atoms with Crippen LogP contribution < -0.4 is 0 Å². The van der Waals surface area contributed by atoms with E-state index >= 15 is 0 Å². The summed E-state index contributed by atoms with van der Waals surface area (Å²) in [6, 6.07) is 56.2. The Morgan fingerprint density at radius 1 is 0.438 bits per heavy atom. The molecule has 0 unspecified atom stereocenters. The lowest BCUT2D eigenvalue weighted by atomic mass is 9.80. The van der Waals surface area contributed by atoms with Gasteiger partial charge in [-0.3, -0.25) is 4.99 Å². The Labute approximate surface area is 281 Å². The lowest BCUT2D eigenvalue weighted by molar-refractivity contribution is 0.660. The number of hydrogen-bond donors (Lipinski definition) is 0. The second-order valence-electron chi connectivity index (χ2n) is 13.6. The van der Waals surface area contributed by atoms with Gasteiger partial charge in [0.2, 0.25) is 0 Å². The average Bonchev–Trinajstić information content (AvgIpc) is 3.35. The van der Waals surface area contributed by atoms with Crippen molar-refractivity contribution in [3.8, 4) is 44.5 Å². The number of hydrogen-bond acceptors (Lipinski definition) is 1. The smallest absolute Gasteiger partial charge is 0.0281 e. The predicted octanol–water partition coefficient (Wildman–Crippen LogP) is 12.5. The molecule has 0 spiro atoms. The third-order valence-corrected chi connectivity index (χ3v) is 10.5. The summed E-state index contributed by atoms with van der Waals surface area (Å²) in [4.78, 5) is 4.27. The van der Waals surface area contributed by atoms with Gasteiger partial charge in [-0.2, -0.15) is 0 Å². The second kappa shape index (κ2) is 10.9. The summed E-state index contributed by atoms with van der Waals surface area (Å²) < 4.78 is 0. The molecule has 8 aromatic rings. The van der Waals surface area contributed by atoms with E-state index in [0.717, 1.165) is 5.56 Å². The van der Waals surface area contributed by atoms with E-state index < -0.39 is 0 Å². The molecule has 1 aliphatic carbocycles. The zero-order valence-corrected chi connectivity index (χ0v) is 27.5. The van der Waals surface area contributed by atoms with E-state index in [1.165, 1.54) is 88.0 Å². The molecule has 1 aliphatic rings. The van der Waals surface area contributed by atoms with E-state index in [-0.39, 0.29) is 5.41 Å². The number of benzene rings is 8. The first kappa shape index (κ1) is 28.4. The minimum Gasteiger partial charge on any atom is -0.296 e. The zero-order chi connectivity index (χ0) is 32.4. The van der Waals surface area contributed by atoms with Crippen LogP contribution in [0, 0.1) is 0 Å². The molecule has 0 saturated heterocycles. The van der Waals surface area contributed by atoms with Gasteiger partial charge in [0, 0.05) is 18.7 Å². The van der Waals surface area contributed by atoms with Crippen molar-refractivity contribution in [2.75, 3.05) is 7.05 Å². The molecule has 9 rings (SSSR count). The van der Waals surface area contributed by atoms with Gasteiger partial charge in [0.1, 0.15) is 0 Å². The quantitative estimate of drug-likeness (QED) is 0.138. The number of fused-ring (bicyclic) bond motifs is 6. The molecule has 0 saturated carbocycles. The fourth-order valence-corrected chi connectivity index (χ4v) is 8.09. The van der Waals surface area contributed by atoms with E-state index in [0.29, 0.717) is 0 Å². The molecule has 0 aromatic heterocycles. The van der Waals surface area contributed by atoms with Crippen molar-refractivity contribution in [3.63, 3.8) is 0 Å². The molecule has 0 amide bonds. The minimum atomic E-state index is -0.114. The van der Waals surface area contributed by atoms with Gasteiger partial charge in [-0.1, -0.05) is 147 Å². The van der Waals surface area contributed by atoms with Gasteiger partial charge >= 0.3 is 0 Å². The highest BCUT2D eigenvalue weighted by Gasteiger charge is 2.36. The van der Waals surface area contributed by atoms with Crippen LogP contribution in [-0.2, 0) is 5.41 Å². The second-order valence-corrected chi connectivity index (χ2v) is 13.6. The van der Waals surface area contributed by atoms with Crippen molar-refractivity contribution in [2.24, 2.45) is 4.99 Å². The Morgan fingerprint density at radius 3 is 1.58 bits per heavy atom. The van der Waals surface area contributed by atoms with Crippen LogP contribution in [0.25, 0.3) is 76.8 Å². The van der Waals surface area contributed by atoms with E-state index in [4.69, 9.17) is 0 Å². The number of nitrogens with zero attached hydrogens (tertiary/aromatic N) is 1. The van der Waals surface area contributed by atoms with E-state index in [2.05, 4.69) is 170 Å². The van der Waals surface area contributed by atoms with Gasteiger partial charge in [-0.25, -0.2) is 0 Å². The maximum Gasteiger partial charge on any atom is 0.0281 e. The van der Waals surface area contributed by atoms with Crippen molar-refractivity contribution in [1.29, 1.82) is 0 Å². The molecule has 1 heteroatoms. The minimum absolute atomic E-state index is 0.114. The first-order chi connectivity index (χ1) is 23.5. The zero-order valence-electron chi connectivity index (χ0n) is 27.5. The SMILES string of the molecule is CN=Cc1ccc2c(c1)C(C)(C)c1cc(-c3c4ccccc4c(-c4ccc(-c5ccc6ccccc6c5)cc4)c4ccccc34)ccc1-2. The highest BCUT2D eigenvalue weighted by atomic mass is 14.6. The number of aliphatic imine (C=N–C) groups is 1. The van der Waals surface area contributed by atoms with E-state index in [1.54, 1.807) is 0 Å². The summed E-state index contributed by atoms with van der Waals surface area (Å²) in [5.41, 5.74) is 14.0. The molecule has 0 radical (unpaired) electrons. The summed E-state index contributed by atoms with van der Waals surface area (Å²) in [5, 5.41) is 7.64. The number of rotatable bonds is 4.